The molecule has 0 bridgehead atoms. The molecule has 3 heterocycles. The maximum atomic E-state index is 13.6. The number of aromatic nitrogens is 2. The van der Waals surface area contributed by atoms with Crippen molar-refractivity contribution >= 4 is 27.5 Å². The van der Waals surface area contributed by atoms with Gasteiger partial charge in [0.15, 0.2) is 21.9 Å². The monoisotopic (exact) mass is 457 g/mol. The lowest BCUT2D eigenvalue weighted by molar-refractivity contribution is 0.0989. The van der Waals surface area contributed by atoms with Crippen LogP contribution in [0.3, 0.4) is 0 Å². The highest BCUT2D eigenvalue weighted by atomic mass is 79.9. The molecule has 29 heavy (non-hydrogen) atoms. The van der Waals surface area contributed by atoms with Crippen molar-refractivity contribution in [1.82, 2.24) is 9.55 Å². The molecule has 2 aliphatic heterocycles. The Kier molecular flexibility index (Phi) is 4.13. The van der Waals surface area contributed by atoms with Crippen LogP contribution in [-0.4, -0.2) is 22.3 Å². The quantitative estimate of drug-likeness (QED) is 0.564. The fraction of sp³-hybridized carbons (Fsp3) is 0.238. The van der Waals surface area contributed by atoms with E-state index in [0.29, 0.717) is 27.6 Å². The van der Waals surface area contributed by atoms with E-state index in [1.807, 2.05) is 24.5 Å². The van der Waals surface area contributed by atoms with E-state index in [0.717, 1.165) is 11.3 Å². The molecule has 1 atom stereocenters. The summed E-state index contributed by atoms with van der Waals surface area (Å²) in [5.41, 5.74) is 2.63. The van der Waals surface area contributed by atoms with E-state index in [-0.39, 0.29) is 24.6 Å². The van der Waals surface area contributed by atoms with Gasteiger partial charge in [0.25, 0.3) is 5.91 Å². The SMILES string of the molecule is CC(C)n1c(Br)nc2c1C(c1ccc(F)cc1)N(c1ccc3c(c1)OCO3)C2=O. The largest absolute Gasteiger partial charge is 0.454 e. The Morgan fingerprint density at radius 2 is 1.86 bits per heavy atom. The van der Waals surface area contributed by atoms with Crippen LogP contribution in [0.2, 0.25) is 0 Å². The van der Waals surface area contributed by atoms with Crippen LogP contribution in [0.4, 0.5) is 10.1 Å². The van der Waals surface area contributed by atoms with Crippen molar-refractivity contribution in [2.24, 2.45) is 0 Å². The van der Waals surface area contributed by atoms with Gasteiger partial charge in [-0.15, -0.1) is 0 Å². The van der Waals surface area contributed by atoms with Gasteiger partial charge >= 0.3 is 0 Å². The summed E-state index contributed by atoms with van der Waals surface area (Å²) in [6.07, 6.45) is 0. The van der Waals surface area contributed by atoms with Gasteiger partial charge in [-0.3, -0.25) is 9.69 Å². The number of anilines is 1. The summed E-state index contributed by atoms with van der Waals surface area (Å²) in [5.74, 6) is 0.689. The molecule has 1 aromatic heterocycles. The summed E-state index contributed by atoms with van der Waals surface area (Å²) >= 11 is 3.48. The Morgan fingerprint density at radius 3 is 2.59 bits per heavy atom. The fourth-order valence-electron chi connectivity index (χ4n) is 3.93. The molecule has 1 unspecified atom stereocenters. The van der Waals surface area contributed by atoms with Crippen molar-refractivity contribution in [2.75, 3.05) is 11.7 Å². The van der Waals surface area contributed by atoms with Gasteiger partial charge in [-0.2, -0.15) is 0 Å². The van der Waals surface area contributed by atoms with Crippen molar-refractivity contribution in [2.45, 2.75) is 25.9 Å². The second-order valence-electron chi connectivity index (χ2n) is 7.25. The van der Waals surface area contributed by atoms with E-state index in [9.17, 15) is 9.18 Å². The molecular weight excluding hydrogens is 441 g/mol. The second-order valence-corrected chi connectivity index (χ2v) is 7.95. The highest BCUT2D eigenvalue weighted by Crippen LogP contribution is 2.46. The van der Waals surface area contributed by atoms with E-state index in [1.165, 1.54) is 12.1 Å². The van der Waals surface area contributed by atoms with Crippen molar-refractivity contribution in [1.29, 1.82) is 0 Å². The van der Waals surface area contributed by atoms with Gasteiger partial charge < -0.3 is 14.0 Å². The van der Waals surface area contributed by atoms with E-state index < -0.39 is 6.04 Å². The third-order valence-electron chi connectivity index (χ3n) is 5.18. The minimum atomic E-state index is -0.445. The molecule has 148 valence electrons. The van der Waals surface area contributed by atoms with Gasteiger partial charge in [-0.1, -0.05) is 12.1 Å². The molecule has 0 fully saturated rings. The molecule has 1 amide bonds. The topological polar surface area (TPSA) is 56.6 Å². The van der Waals surface area contributed by atoms with Gasteiger partial charge in [-0.25, -0.2) is 9.37 Å². The number of hydrogen-bond donors (Lipinski definition) is 0. The van der Waals surface area contributed by atoms with Crippen LogP contribution in [0.1, 0.15) is 47.7 Å². The number of rotatable bonds is 3. The average Bonchev–Trinajstić information content (AvgIpc) is 3.35. The van der Waals surface area contributed by atoms with E-state index in [2.05, 4.69) is 20.9 Å². The van der Waals surface area contributed by atoms with Crippen LogP contribution < -0.4 is 14.4 Å². The zero-order valence-corrected chi connectivity index (χ0v) is 17.3. The molecule has 6 nitrogen and oxygen atoms in total. The number of benzene rings is 2. The number of amides is 1. The van der Waals surface area contributed by atoms with Crippen LogP contribution in [0, 0.1) is 5.82 Å². The van der Waals surface area contributed by atoms with Crippen molar-refractivity contribution < 1.29 is 18.7 Å². The number of imidazole rings is 1. The zero-order chi connectivity index (χ0) is 20.3. The summed E-state index contributed by atoms with van der Waals surface area (Å²) < 4.78 is 27.1. The van der Waals surface area contributed by atoms with Crippen LogP contribution in [0.25, 0.3) is 0 Å². The fourth-order valence-corrected chi connectivity index (χ4v) is 4.71. The van der Waals surface area contributed by atoms with Gasteiger partial charge in [0.05, 0.1) is 5.69 Å². The van der Waals surface area contributed by atoms with Crippen LogP contribution >= 0.6 is 15.9 Å². The molecule has 5 rings (SSSR count). The molecule has 3 aromatic rings. The number of carbonyl (C=O) groups is 1. The molecule has 0 saturated heterocycles. The van der Waals surface area contributed by atoms with Gasteiger partial charge in [-0.05, 0) is 59.6 Å². The van der Waals surface area contributed by atoms with Crippen molar-refractivity contribution in [3.8, 4) is 11.5 Å². The normalized spacial score (nSPS) is 17.3. The van der Waals surface area contributed by atoms with E-state index in [1.54, 1.807) is 29.2 Å². The Morgan fingerprint density at radius 1 is 1.14 bits per heavy atom. The number of ether oxygens (including phenoxy) is 2. The molecule has 2 aliphatic rings. The molecule has 0 aliphatic carbocycles. The molecule has 8 heteroatoms. The lowest BCUT2D eigenvalue weighted by Gasteiger charge is -2.28. The molecule has 2 aromatic carbocycles. The molecular formula is C21H17BrFN3O3. The Bertz CT molecular complexity index is 1130. The third kappa shape index (κ3) is 2.73. The standard InChI is InChI=1S/C21H17BrFN3O3/c1-11(2)25-19-17(24-21(25)22)20(27)26(18(19)12-3-5-13(23)6-4-12)14-7-8-15-16(9-14)29-10-28-15/h3-9,11,18H,10H2,1-2H3. The van der Waals surface area contributed by atoms with Crippen molar-refractivity contribution in [3.05, 3.63) is 70.0 Å². The lowest BCUT2D eigenvalue weighted by atomic mass is 10.0. The van der Waals surface area contributed by atoms with Gasteiger partial charge in [0.1, 0.15) is 11.9 Å². The number of hydrogen-bond acceptors (Lipinski definition) is 4. The van der Waals surface area contributed by atoms with Gasteiger partial charge in [0.2, 0.25) is 6.79 Å². The molecule has 0 spiro atoms. The Balaban J connectivity index is 1.71. The highest BCUT2D eigenvalue weighted by Gasteiger charge is 2.44. The lowest BCUT2D eigenvalue weighted by Crippen LogP contribution is -2.30. The molecule has 0 saturated carbocycles. The first-order valence-electron chi connectivity index (χ1n) is 9.22. The molecule has 0 N–H and O–H groups in total. The predicted octanol–water partition coefficient (Wildman–Crippen LogP) is 4.84. The maximum absolute atomic E-state index is 13.6. The predicted molar refractivity (Wildman–Crippen MR) is 108 cm³/mol. The van der Waals surface area contributed by atoms with Crippen molar-refractivity contribution in [3.63, 3.8) is 0 Å². The number of nitrogens with zero attached hydrogens (tertiary/aromatic N) is 3. The number of carbonyl (C=O) groups excluding carboxylic acids is 1. The third-order valence-corrected chi connectivity index (χ3v) is 5.74. The maximum Gasteiger partial charge on any atom is 0.279 e. The summed E-state index contributed by atoms with van der Waals surface area (Å²) in [6, 6.07) is 11.2. The second kappa shape index (κ2) is 6.59. The number of halogens is 2. The summed E-state index contributed by atoms with van der Waals surface area (Å²) in [5, 5.41) is 0. The highest BCUT2D eigenvalue weighted by molar-refractivity contribution is 9.10. The van der Waals surface area contributed by atoms with Crippen LogP contribution in [-0.2, 0) is 0 Å². The molecule has 0 radical (unpaired) electrons. The van der Waals surface area contributed by atoms with Crippen LogP contribution in [0.5, 0.6) is 11.5 Å². The van der Waals surface area contributed by atoms with Crippen LogP contribution in [0.15, 0.2) is 47.2 Å². The van der Waals surface area contributed by atoms with Gasteiger partial charge in [0, 0.05) is 17.8 Å². The first kappa shape index (κ1) is 18.2. The minimum absolute atomic E-state index is 0.0769. The summed E-state index contributed by atoms with van der Waals surface area (Å²) in [4.78, 5) is 19.6. The summed E-state index contributed by atoms with van der Waals surface area (Å²) in [7, 11) is 0. The van der Waals surface area contributed by atoms with E-state index in [4.69, 9.17) is 9.47 Å². The number of fused-ring (bicyclic) bond motifs is 2. The zero-order valence-electron chi connectivity index (χ0n) is 15.7. The first-order valence-corrected chi connectivity index (χ1v) is 10.0. The Hall–Kier alpha value is -2.87. The average molecular weight is 458 g/mol. The minimum Gasteiger partial charge on any atom is -0.454 e. The Labute approximate surface area is 175 Å². The summed E-state index contributed by atoms with van der Waals surface area (Å²) in [6.45, 7) is 4.21. The smallest absolute Gasteiger partial charge is 0.279 e. The first-order chi connectivity index (χ1) is 14.0. The van der Waals surface area contributed by atoms with E-state index >= 15 is 0 Å².